The number of furan rings is 1. The molecule has 0 fully saturated rings. The van der Waals surface area contributed by atoms with Gasteiger partial charge in [-0.15, -0.1) is 10.2 Å². The maximum absolute atomic E-state index is 6.03. The summed E-state index contributed by atoms with van der Waals surface area (Å²) in [5.41, 5.74) is 4.19. The Bertz CT molecular complexity index is 1230. The number of aryl methyl sites for hydroxylation is 2. The maximum Gasteiger partial charge on any atom is 0.235 e. The van der Waals surface area contributed by atoms with E-state index < -0.39 is 0 Å². The Labute approximate surface area is 147 Å². The fourth-order valence-corrected chi connectivity index (χ4v) is 3.88. The van der Waals surface area contributed by atoms with Gasteiger partial charge in [0.25, 0.3) is 0 Å². The van der Waals surface area contributed by atoms with Gasteiger partial charge in [-0.25, -0.2) is 0 Å². The molecule has 5 nitrogen and oxygen atoms in total. The van der Waals surface area contributed by atoms with Gasteiger partial charge in [0.2, 0.25) is 10.8 Å². The lowest BCUT2D eigenvalue weighted by atomic mass is 10.1. The van der Waals surface area contributed by atoms with E-state index in [1.165, 1.54) is 16.9 Å². The summed E-state index contributed by atoms with van der Waals surface area (Å²) in [6, 6.07) is 16.3. The van der Waals surface area contributed by atoms with Crippen molar-refractivity contribution in [1.29, 1.82) is 0 Å². The fraction of sp³-hybridized carbons (Fsp3) is 0.105. The van der Waals surface area contributed by atoms with E-state index in [1.807, 2.05) is 31.2 Å². The van der Waals surface area contributed by atoms with E-state index in [1.54, 1.807) is 4.52 Å². The maximum atomic E-state index is 6.03. The van der Waals surface area contributed by atoms with Crippen molar-refractivity contribution in [3.8, 4) is 22.2 Å². The summed E-state index contributed by atoms with van der Waals surface area (Å²) >= 11 is 1.52. The normalized spacial score (nSPS) is 11.6. The van der Waals surface area contributed by atoms with Crippen molar-refractivity contribution in [2.75, 3.05) is 0 Å². The van der Waals surface area contributed by atoms with E-state index in [0.717, 1.165) is 37.8 Å². The molecule has 0 aliphatic heterocycles. The third kappa shape index (κ3) is 2.18. The molecule has 2 aromatic carbocycles. The third-order valence-corrected chi connectivity index (χ3v) is 5.25. The van der Waals surface area contributed by atoms with E-state index >= 15 is 0 Å². The van der Waals surface area contributed by atoms with Crippen molar-refractivity contribution >= 4 is 27.3 Å². The van der Waals surface area contributed by atoms with Gasteiger partial charge in [-0.1, -0.05) is 53.3 Å². The predicted molar refractivity (Wildman–Crippen MR) is 98.8 cm³/mol. The van der Waals surface area contributed by atoms with Crippen LogP contribution in [0, 0.1) is 13.8 Å². The van der Waals surface area contributed by atoms with E-state index in [-0.39, 0.29) is 0 Å². The lowest BCUT2D eigenvalue weighted by Crippen LogP contribution is -1.91. The van der Waals surface area contributed by atoms with Gasteiger partial charge in [0.15, 0.2) is 5.76 Å². The molecule has 0 saturated carbocycles. The third-order valence-electron chi connectivity index (χ3n) is 4.30. The number of hydrogen-bond donors (Lipinski definition) is 0. The lowest BCUT2D eigenvalue weighted by Gasteiger charge is -1.97. The van der Waals surface area contributed by atoms with Crippen LogP contribution in [0.3, 0.4) is 0 Å². The zero-order chi connectivity index (χ0) is 17.0. The number of fused-ring (bicyclic) bond motifs is 2. The second-order valence-corrected chi connectivity index (χ2v) is 7.00. The Morgan fingerprint density at radius 3 is 2.72 bits per heavy atom. The first-order valence-electron chi connectivity index (χ1n) is 7.98. The van der Waals surface area contributed by atoms with Crippen molar-refractivity contribution in [2.24, 2.45) is 0 Å². The van der Waals surface area contributed by atoms with Gasteiger partial charge in [0.05, 0.1) is 0 Å². The van der Waals surface area contributed by atoms with Crippen LogP contribution in [0.15, 0.2) is 52.9 Å². The van der Waals surface area contributed by atoms with Gasteiger partial charge in [0, 0.05) is 16.5 Å². The van der Waals surface area contributed by atoms with Gasteiger partial charge in [-0.2, -0.15) is 9.61 Å². The lowest BCUT2D eigenvalue weighted by molar-refractivity contribution is 0.619. The van der Waals surface area contributed by atoms with Crippen molar-refractivity contribution in [3.63, 3.8) is 0 Å². The van der Waals surface area contributed by atoms with Crippen LogP contribution in [0.1, 0.15) is 11.1 Å². The van der Waals surface area contributed by atoms with Gasteiger partial charge < -0.3 is 4.42 Å². The van der Waals surface area contributed by atoms with Crippen LogP contribution < -0.4 is 0 Å². The number of para-hydroxylation sites is 1. The summed E-state index contributed by atoms with van der Waals surface area (Å²) in [5, 5.41) is 15.3. The first-order valence-corrected chi connectivity index (χ1v) is 8.80. The molecular weight excluding hydrogens is 332 g/mol. The zero-order valence-corrected chi connectivity index (χ0v) is 14.5. The Morgan fingerprint density at radius 1 is 1.00 bits per heavy atom. The van der Waals surface area contributed by atoms with Crippen molar-refractivity contribution < 1.29 is 4.42 Å². The number of aromatic nitrogens is 4. The molecule has 25 heavy (non-hydrogen) atoms. The highest BCUT2D eigenvalue weighted by Gasteiger charge is 2.20. The minimum atomic E-state index is 0.638. The number of benzene rings is 2. The molecule has 5 rings (SSSR count). The molecule has 0 bridgehead atoms. The molecule has 0 atom stereocenters. The van der Waals surface area contributed by atoms with Crippen LogP contribution in [0.4, 0.5) is 0 Å². The average Bonchev–Trinajstić information content (AvgIpc) is 3.28. The minimum Gasteiger partial charge on any atom is -0.452 e. The first-order chi connectivity index (χ1) is 12.2. The Morgan fingerprint density at radius 2 is 1.88 bits per heavy atom. The SMILES string of the molecule is Cc1cccc(-c2nn3c(-c4oc5ccccc5c4C)nnc3s2)c1. The highest BCUT2D eigenvalue weighted by Crippen LogP contribution is 2.34. The molecule has 6 heteroatoms. The molecule has 0 radical (unpaired) electrons. The largest absolute Gasteiger partial charge is 0.452 e. The summed E-state index contributed by atoms with van der Waals surface area (Å²) in [7, 11) is 0. The average molecular weight is 346 g/mol. The van der Waals surface area contributed by atoms with Crippen LogP contribution in [-0.4, -0.2) is 19.8 Å². The second kappa shape index (κ2) is 5.26. The van der Waals surface area contributed by atoms with Crippen LogP contribution in [0.5, 0.6) is 0 Å². The van der Waals surface area contributed by atoms with Crippen molar-refractivity contribution in [2.45, 2.75) is 13.8 Å². The molecule has 0 spiro atoms. The summed E-state index contributed by atoms with van der Waals surface area (Å²) in [6.07, 6.45) is 0. The quantitative estimate of drug-likeness (QED) is 0.457. The molecule has 0 N–H and O–H groups in total. The van der Waals surface area contributed by atoms with Gasteiger partial charge in [-0.3, -0.25) is 0 Å². The Kier molecular flexibility index (Phi) is 3.02. The summed E-state index contributed by atoms with van der Waals surface area (Å²) < 4.78 is 7.80. The number of nitrogens with zero attached hydrogens (tertiary/aromatic N) is 4. The number of rotatable bonds is 2. The van der Waals surface area contributed by atoms with E-state index in [2.05, 4.69) is 41.4 Å². The Hall–Kier alpha value is -2.99. The second-order valence-electron chi connectivity index (χ2n) is 6.05. The summed E-state index contributed by atoms with van der Waals surface area (Å²) in [6.45, 7) is 4.11. The van der Waals surface area contributed by atoms with Crippen LogP contribution >= 0.6 is 11.3 Å². The van der Waals surface area contributed by atoms with Crippen LogP contribution in [0.25, 0.3) is 38.1 Å². The van der Waals surface area contributed by atoms with Gasteiger partial charge >= 0.3 is 0 Å². The highest BCUT2D eigenvalue weighted by atomic mass is 32.1. The standard InChI is InChI=1S/C19H14N4OS/c1-11-6-5-7-13(10-11)18-22-23-17(20-21-19(23)25-18)16-12(2)14-8-3-4-9-15(14)24-16/h3-10H,1-2H3. The van der Waals surface area contributed by atoms with Crippen LogP contribution in [0.2, 0.25) is 0 Å². The molecule has 0 aliphatic carbocycles. The van der Waals surface area contributed by atoms with Crippen molar-refractivity contribution in [3.05, 3.63) is 59.7 Å². The zero-order valence-electron chi connectivity index (χ0n) is 13.7. The Balaban J connectivity index is 1.70. The molecule has 5 aromatic rings. The molecular formula is C19H14N4OS. The van der Waals surface area contributed by atoms with E-state index in [0.29, 0.717) is 5.82 Å². The summed E-state index contributed by atoms with van der Waals surface area (Å²) in [4.78, 5) is 0.756. The summed E-state index contributed by atoms with van der Waals surface area (Å²) in [5.74, 6) is 1.36. The van der Waals surface area contributed by atoms with Crippen LogP contribution in [-0.2, 0) is 0 Å². The number of hydrogen-bond acceptors (Lipinski definition) is 5. The topological polar surface area (TPSA) is 56.2 Å². The highest BCUT2D eigenvalue weighted by molar-refractivity contribution is 7.19. The smallest absolute Gasteiger partial charge is 0.235 e. The first kappa shape index (κ1) is 14.4. The molecule has 0 saturated heterocycles. The molecule has 0 aliphatic rings. The van der Waals surface area contributed by atoms with Gasteiger partial charge in [-0.05, 0) is 26.0 Å². The fourth-order valence-electron chi connectivity index (χ4n) is 3.04. The molecule has 122 valence electrons. The molecule has 3 heterocycles. The monoisotopic (exact) mass is 346 g/mol. The van der Waals surface area contributed by atoms with Gasteiger partial charge in [0.1, 0.15) is 10.6 Å². The molecule has 3 aromatic heterocycles. The van der Waals surface area contributed by atoms with E-state index in [4.69, 9.17) is 9.52 Å². The van der Waals surface area contributed by atoms with Crippen molar-refractivity contribution in [1.82, 2.24) is 19.8 Å². The van der Waals surface area contributed by atoms with E-state index in [9.17, 15) is 0 Å². The minimum absolute atomic E-state index is 0.638. The predicted octanol–water partition coefficient (Wildman–Crippen LogP) is 4.88. The molecule has 0 unspecified atom stereocenters. The molecule has 0 amide bonds.